The Kier molecular flexibility index (Phi) is 5.66. The van der Waals surface area contributed by atoms with Crippen LogP contribution in [0, 0.1) is 0 Å². The van der Waals surface area contributed by atoms with Crippen LogP contribution in [-0.4, -0.2) is 33.3 Å². The van der Waals surface area contributed by atoms with Gasteiger partial charge < -0.3 is 15.7 Å². The number of rotatable bonds is 5. The van der Waals surface area contributed by atoms with Crippen molar-refractivity contribution in [2.45, 2.75) is 58.4 Å². The molecule has 0 unspecified atom stereocenters. The minimum atomic E-state index is -0.587. The highest BCUT2D eigenvalue weighted by Crippen LogP contribution is 2.18. The lowest BCUT2D eigenvalue weighted by molar-refractivity contribution is 0.155. The van der Waals surface area contributed by atoms with Gasteiger partial charge in [0.25, 0.3) is 0 Å². The largest absolute Gasteiger partial charge is 0.394 e. The number of aliphatic hydroxyl groups is 1. The molecule has 0 aliphatic rings. The average molecular weight is 294 g/mol. The first kappa shape index (κ1) is 17.4. The molecule has 0 saturated carbocycles. The van der Waals surface area contributed by atoms with Gasteiger partial charge in [-0.1, -0.05) is 34.6 Å². The molecule has 1 heterocycles. The smallest absolute Gasteiger partial charge is 0.319 e. The quantitative estimate of drug-likeness (QED) is 0.778. The second-order valence-electron chi connectivity index (χ2n) is 6.27. The second-order valence-corrected chi connectivity index (χ2v) is 6.27. The van der Waals surface area contributed by atoms with Crippen molar-refractivity contribution in [3.05, 3.63) is 18.2 Å². The highest BCUT2D eigenvalue weighted by atomic mass is 16.3. The summed E-state index contributed by atoms with van der Waals surface area (Å²) in [6.07, 6.45) is 4.50. The third kappa shape index (κ3) is 4.67. The van der Waals surface area contributed by atoms with E-state index >= 15 is 0 Å². The molecule has 0 saturated heterocycles. The summed E-state index contributed by atoms with van der Waals surface area (Å²) in [4.78, 5) is 20.5. The van der Waals surface area contributed by atoms with Gasteiger partial charge in [0, 0.05) is 5.41 Å². The number of anilines is 1. The first-order valence-electron chi connectivity index (χ1n) is 7.29. The number of nitrogens with one attached hydrogen (secondary N) is 2. The Hall–Kier alpha value is -1.69. The second kappa shape index (κ2) is 6.85. The van der Waals surface area contributed by atoms with Crippen LogP contribution in [0.5, 0.6) is 0 Å². The van der Waals surface area contributed by atoms with Crippen molar-refractivity contribution >= 4 is 11.7 Å². The van der Waals surface area contributed by atoms with Crippen LogP contribution in [-0.2, 0) is 5.41 Å². The summed E-state index contributed by atoms with van der Waals surface area (Å²) >= 11 is 0. The van der Waals surface area contributed by atoms with E-state index in [9.17, 15) is 9.90 Å². The van der Waals surface area contributed by atoms with Crippen molar-refractivity contribution in [3.63, 3.8) is 0 Å². The summed E-state index contributed by atoms with van der Waals surface area (Å²) < 4.78 is 0. The molecule has 3 N–H and O–H groups in total. The van der Waals surface area contributed by atoms with E-state index in [2.05, 4.69) is 20.6 Å². The third-order valence-corrected chi connectivity index (χ3v) is 3.62. The molecule has 0 bridgehead atoms. The monoisotopic (exact) mass is 294 g/mol. The van der Waals surface area contributed by atoms with Gasteiger partial charge in [-0.15, -0.1) is 0 Å². The van der Waals surface area contributed by atoms with Crippen molar-refractivity contribution < 1.29 is 9.90 Å². The van der Waals surface area contributed by atoms with Gasteiger partial charge in [-0.25, -0.2) is 14.8 Å². The van der Waals surface area contributed by atoms with Crippen LogP contribution in [0.3, 0.4) is 0 Å². The van der Waals surface area contributed by atoms with Crippen molar-refractivity contribution in [2.75, 3.05) is 11.9 Å². The van der Waals surface area contributed by atoms with Crippen molar-refractivity contribution in [1.29, 1.82) is 0 Å². The normalized spacial score (nSPS) is 12.1. The molecule has 0 atom stereocenters. The molecule has 0 spiro atoms. The molecule has 118 valence electrons. The lowest BCUT2D eigenvalue weighted by atomic mass is 9.94. The third-order valence-electron chi connectivity index (χ3n) is 3.62. The van der Waals surface area contributed by atoms with E-state index in [4.69, 9.17) is 0 Å². The van der Waals surface area contributed by atoms with Crippen molar-refractivity contribution in [2.24, 2.45) is 0 Å². The highest BCUT2D eigenvalue weighted by Gasteiger charge is 2.27. The molecule has 0 aliphatic carbocycles. The van der Waals surface area contributed by atoms with Gasteiger partial charge in [0.05, 0.1) is 30.2 Å². The SMILES string of the molecule is CCC(CC)(CO)NC(=O)Nc1cnc(C(C)(C)C)nc1. The Labute approximate surface area is 126 Å². The fourth-order valence-corrected chi connectivity index (χ4v) is 1.87. The zero-order valence-electron chi connectivity index (χ0n) is 13.5. The van der Waals surface area contributed by atoms with Gasteiger partial charge in [-0.2, -0.15) is 0 Å². The molecule has 0 aromatic carbocycles. The number of carbonyl (C=O) groups is 1. The number of aromatic nitrogens is 2. The maximum absolute atomic E-state index is 12.0. The number of nitrogens with zero attached hydrogens (tertiary/aromatic N) is 2. The van der Waals surface area contributed by atoms with Crippen LogP contribution in [0.1, 0.15) is 53.3 Å². The maximum Gasteiger partial charge on any atom is 0.319 e. The van der Waals surface area contributed by atoms with Gasteiger partial charge >= 0.3 is 6.03 Å². The standard InChI is InChI=1S/C15H26N4O2/c1-6-15(7-2,10-20)19-13(21)18-11-8-16-12(17-9-11)14(3,4)5/h8-9,20H,6-7,10H2,1-5H3,(H2,18,19,21). The summed E-state index contributed by atoms with van der Waals surface area (Å²) in [7, 11) is 0. The summed E-state index contributed by atoms with van der Waals surface area (Å²) in [6.45, 7) is 9.86. The van der Waals surface area contributed by atoms with E-state index in [0.717, 1.165) is 5.82 Å². The number of amides is 2. The molecule has 0 aliphatic heterocycles. The minimum Gasteiger partial charge on any atom is -0.394 e. The topological polar surface area (TPSA) is 87.1 Å². The van der Waals surface area contributed by atoms with Crippen LogP contribution < -0.4 is 10.6 Å². The predicted molar refractivity (Wildman–Crippen MR) is 83.3 cm³/mol. The maximum atomic E-state index is 12.0. The Morgan fingerprint density at radius 1 is 1.19 bits per heavy atom. The van der Waals surface area contributed by atoms with Crippen LogP contribution in [0.2, 0.25) is 0 Å². The van der Waals surface area contributed by atoms with Crippen molar-refractivity contribution in [3.8, 4) is 0 Å². The number of hydrogen-bond donors (Lipinski definition) is 3. The molecule has 6 heteroatoms. The van der Waals surface area contributed by atoms with Gasteiger partial charge in [-0.3, -0.25) is 0 Å². The number of hydrogen-bond acceptors (Lipinski definition) is 4. The van der Waals surface area contributed by atoms with Gasteiger partial charge in [0.2, 0.25) is 0 Å². The predicted octanol–water partition coefficient (Wildman–Crippen LogP) is 2.45. The zero-order valence-corrected chi connectivity index (χ0v) is 13.5. The van der Waals surface area contributed by atoms with E-state index < -0.39 is 5.54 Å². The van der Waals surface area contributed by atoms with Crippen LogP contribution in [0.15, 0.2) is 12.4 Å². The molecule has 0 radical (unpaired) electrons. The molecule has 1 aromatic rings. The molecule has 6 nitrogen and oxygen atoms in total. The zero-order chi connectivity index (χ0) is 16.1. The number of urea groups is 1. The molecule has 1 aromatic heterocycles. The van der Waals surface area contributed by atoms with Crippen LogP contribution in [0.25, 0.3) is 0 Å². The summed E-state index contributed by atoms with van der Waals surface area (Å²) in [5.74, 6) is 0.722. The van der Waals surface area contributed by atoms with E-state index in [1.807, 2.05) is 34.6 Å². The Balaban J connectivity index is 2.71. The lowest BCUT2D eigenvalue weighted by Crippen LogP contribution is -2.52. The molecular formula is C15H26N4O2. The van der Waals surface area contributed by atoms with Gasteiger partial charge in [0.15, 0.2) is 0 Å². The van der Waals surface area contributed by atoms with Crippen LogP contribution >= 0.6 is 0 Å². The van der Waals surface area contributed by atoms with Gasteiger partial charge in [-0.05, 0) is 12.8 Å². The summed E-state index contributed by atoms with van der Waals surface area (Å²) in [5, 5.41) is 15.0. The lowest BCUT2D eigenvalue weighted by Gasteiger charge is -2.30. The molecule has 2 amide bonds. The number of carbonyl (C=O) groups excluding carboxylic acids is 1. The first-order valence-corrected chi connectivity index (χ1v) is 7.29. The Morgan fingerprint density at radius 3 is 2.10 bits per heavy atom. The average Bonchev–Trinajstić information content (AvgIpc) is 2.44. The van der Waals surface area contributed by atoms with E-state index in [0.29, 0.717) is 18.5 Å². The van der Waals surface area contributed by atoms with E-state index in [-0.39, 0.29) is 18.1 Å². The molecule has 21 heavy (non-hydrogen) atoms. The summed E-state index contributed by atoms with van der Waals surface area (Å²) in [5.41, 5.74) is -0.187. The molecule has 0 fully saturated rings. The fraction of sp³-hybridized carbons (Fsp3) is 0.667. The number of aliphatic hydroxyl groups excluding tert-OH is 1. The minimum absolute atomic E-state index is 0.0904. The van der Waals surface area contributed by atoms with Gasteiger partial charge in [0.1, 0.15) is 5.82 Å². The van der Waals surface area contributed by atoms with E-state index in [1.54, 1.807) is 12.4 Å². The highest BCUT2D eigenvalue weighted by molar-refractivity contribution is 5.89. The first-order chi connectivity index (χ1) is 9.76. The van der Waals surface area contributed by atoms with Crippen molar-refractivity contribution in [1.82, 2.24) is 15.3 Å². The fourth-order valence-electron chi connectivity index (χ4n) is 1.87. The van der Waals surface area contributed by atoms with E-state index in [1.165, 1.54) is 0 Å². The Bertz CT molecular complexity index is 453. The summed E-state index contributed by atoms with van der Waals surface area (Å²) in [6, 6.07) is -0.361. The van der Waals surface area contributed by atoms with Crippen LogP contribution in [0.4, 0.5) is 10.5 Å². The molecule has 1 rings (SSSR count). The molecular weight excluding hydrogens is 268 g/mol. The Morgan fingerprint density at radius 2 is 1.71 bits per heavy atom.